The minimum Gasteiger partial charge on any atom is -0.297 e. The molecule has 2 rings (SSSR count). The molecule has 0 N–H and O–H groups in total. The van der Waals surface area contributed by atoms with Gasteiger partial charge in [0.05, 0.1) is 5.54 Å². The standard InChI is InChI=1S/C17H25NO/c1-14-9-5-6-10-15(14)13-16(19)17(18(2)3)11-7-4-8-12-17/h5-6,9-10H,4,7-8,11-13H2,1-3H3. The fraction of sp³-hybridized carbons (Fsp3) is 0.588. The van der Waals surface area contributed by atoms with E-state index in [1.165, 1.54) is 30.4 Å². The number of carbonyl (C=O) groups is 1. The lowest BCUT2D eigenvalue weighted by atomic mass is 9.76. The smallest absolute Gasteiger partial charge is 0.157 e. The topological polar surface area (TPSA) is 20.3 Å². The van der Waals surface area contributed by atoms with E-state index in [2.05, 4.69) is 38.1 Å². The van der Waals surface area contributed by atoms with E-state index < -0.39 is 0 Å². The molecule has 2 nitrogen and oxygen atoms in total. The molecule has 1 aliphatic carbocycles. The van der Waals surface area contributed by atoms with Crippen molar-refractivity contribution in [2.45, 2.75) is 51.0 Å². The van der Waals surface area contributed by atoms with Crippen molar-refractivity contribution >= 4 is 5.78 Å². The minimum absolute atomic E-state index is 0.222. The van der Waals surface area contributed by atoms with E-state index in [9.17, 15) is 4.79 Å². The van der Waals surface area contributed by atoms with E-state index in [4.69, 9.17) is 0 Å². The normalized spacial score (nSPS) is 18.5. The summed E-state index contributed by atoms with van der Waals surface area (Å²) in [6.45, 7) is 2.09. The SMILES string of the molecule is Cc1ccccc1CC(=O)C1(N(C)C)CCCCC1. The van der Waals surface area contributed by atoms with Gasteiger partial charge in [-0.3, -0.25) is 9.69 Å². The summed E-state index contributed by atoms with van der Waals surface area (Å²) < 4.78 is 0. The molecule has 1 aliphatic rings. The predicted molar refractivity (Wildman–Crippen MR) is 79.4 cm³/mol. The lowest BCUT2D eigenvalue weighted by molar-refractivity contribution is -0.131. The van der Waals surface area contributed by atoms with E-state index in [1.54, 1.807) is 0 Å². The minimum atomic E-state index is -0.222. The molecule has 1 fully saturated rings. The first kappa shape index (κ1) is 14.3. The van der Waals surface area contributed by atoms with E-state index in [0.717, 1.165) is 12.8 Å². The molecule has 0 radical (unpaired) electrons. The Bertz CT molecular complexity index is 444. The second-order valence-electron chi connectivity index (χ2n) is 6.01. The third kappa shape index (κ3) is 2.89. The fourth-order valence-electron chi connectivity index (χ4n) is 3.26. The lowest BCUT2D eigenvalue weighted by Gasteiger charge is -2.41. The molecular weight excluding hydrogens is 234 g/mol. The van der Waals surface area contributed by atoms with Crippen LogP contribution in [0.2, 0.25) is 0 Å². The number of aryl methyl sites for hydroxylation is 1. The zero-order valence-corrected chi connectivity index (χ0v) is 12.4. The fourth-order valence-corrected chi connectivity index (χ4v) is 3.26. The zero-order chi connectivity index (χ0) is 13.9. The summed E-state index contributed by atoms with van der Waals surface area (Å²) in [6, 6.07) is 8.23. The number of carbonyl (C=O) groups excluding carboxylic acids is 1. The van der Waals surface area contributed by atoms with Crippen molar-refractivity contribution in [3.05, 3.63) is 35.4 Å². The molecule has 1 saturated carbocycles. The van der Waals surface area contributed by atoms with Gasteiger partial charge in [-0.15, -0.1) is 0 Å². The Morgan fingerprint density at radius 3 is 2.37 bits per heavy atom. The van der Waals surface area contributed by atoms with Gasteiger partial charge in [0.1, 0.15) is 0 Å². The summed E-state index contributed by atoms with van der Waals surface area (Å²) in [5, 5.41) is 0. The number of hydrogen-bond donors (Lipinski definition) is 0. The summed E-state index contributed by atoms with van der Waals surface area (Å²) in [5.74, 6) is 0.395. The van der Waals surface area contributed by atoms with Gasteiger partial charge in [-0.25, -0.2) is 0 Å². The summed E-state index contributed by atoms with van der Waals surface area (Å²) in [6.07, 6.45) is 6.24. The van der Waals surface area contributed by atoms with Crippen LogP contribution in [-0.2, 0) is 11.2 Å². The average Bonchev–Trinajstić information content (AvgIpc) is 2.42. The van der Waals surface area contributed by atoms with Crippen LogP contribution in [0.1, 0.15) is 43.2 Å². The van der Waals surface area contributed by atoms with Gasteiger partial charge in [0.25, 0.3) is 0 Å². The first-order valence-corrected chi connectivity index (χ1v) is 7.31. The van der Waals surface area contributed by atoms with Crippen molar-refractivity contribution in [2.75, 3.05) is 14.1 Å². The molecule has 0 saturated heterocycles. The Labute approximate surface area is 116 Å². The van der Waals surface area contributed by atoms with E-state index >= 15 is 0 Å². The second-order valence-corrected chi connectivity index (χ2v) is 6.01. The van der Waals surface area contributed by atoms with E-state index in [1.807, 2.05) is 12.1 Å². The van der Waals surface area contributed by atoms with Gasteiger partial charge in [0.15, 0.2) is 5.78 Å². The molecule has 0 heterocycles. The van der Waals surface area contributed by atoms with E-state index in [-0.39, 0.29) is 5.54 Å². The van der Waals surface area contributed by atoms with Crippen LogP contribution in [0.5, 0.6) is 0 Å². The quantitative estimate of drug-likeness (QED) is 0.826. The van der Waals surface area contributed by atoms with Crippen molar-refractivity contribution in [1.29, 1.82) is 0 Å². The number of ketones is 1. The molecule has 0 spiro atoms. The number of nitrogens with zero attached hydrogens (tertiary/aromatic N) is 1. The van der Waals surface area contributed by atoms with Crippen LogP contribution < -0.4 is 0 Å². The van der Waals surface area contributed by atoms with Crippen LogP contribution in [0.3, 0.4) is 0 Å². The number of Topliss-reactive ketones (excluding diaryl/α,β-unsaturated/α-hetero) is 1. The van der Waals surface area contributed by atoms with Crippen molar-refractivity contribution in [2.24, 2.45) is 0 Å². The number of hydrogen-bond acceptors (Lipinski definition) is 2. The van der Waals surface area contributed by atoms with Gasteiger partial charge in [-0.05, 0) is 45.0 Å². The highest BCUT2D eigenvalue weighted by Gasteiger charge is 2.40. The first-order valence-electron chi connectivity index (χ1n) is 7.31. The van der Waals surface area contributed by atoms with Crippen LogP contribution in [0.25, 0.3) is 0 Å². The molecule has 19 heavy (non-hydrogen) atoms. The van der Waals surface area contributed by atoms with Crippen molar-refractivity contribution < 1.29 is 4.79 Å². The molecule has 104 valence electrons. The molecule has 2 heteroatoms. The van der Waals surface area contributed by atoms with Crippen LogP contribution in [0.4, 0.5) is 0 Å². The highest BCUT2D eigenvalue weighted by Crippen LogP contribution is 2.34. The monoisotopic (exact) mass is 259 g/mol. The maximum absolute atomic E-state index is 12.8. The van der Waals surface area contributed by atoms with Crippen LogP contribution >= 0.6 is 0 Å². The van der Waals surface area contributed by atoms with Gasteiger partial charge >= 0.3 is 0 Å². The first-order chi connectivity index (χ1) is 9.06. The molecule has 0 atom stereocenters. The molecular formula is C17H25NO. The lowest BCUT2D eigenvalue weighted by Crippen LogP contribution is -2.53. The van der Waals surface area contributed by atoms with Gasteiger partial charge in [0, 0.05) is 6.42 Å². The Hall–Kier alpha value is -1.15. The van der Waals surface area contributed by atoms with Crippen LogP contribution in [0, 0.1) is 6.92 Å². The summed E-state index contributed by atoms with van der Waals surface area (Å²) in [4.78, 5) is 15.0. The summed E-state index contributed by atoms with van der Waals surface area (Å²) in [5.41, 5.74) is 2.18. The zero-order valence-electron chi connectivity index (χ0n) is 12.4. The van der Waals surface area contributed by atoms with Gasteiger partial charge in [-0.2, -0.15) is 0 Å². The van der Waals surface area contributed by atoms with E-state index in [0.29, 0.717) is 12.2 Å². The Kier molecular flexibility index (Phi) is 4.41. The Morgan fingerprint density at radius 2 is 1.79 bits per heavy atom. The van der Waals surface area contributed by atoms with Crippen molar-refractivity contribution in [3.8, 4) is 0 Å². The van der Waals surface area contributed by atoms with Gasteiger partial charge in [-0.1, -0.05) is 43.5 Å². The van der Waals surface area contributed by atoms with Gasteiger partial charge < -0.3 is 0 Å². The third-order valence-corrected chi connectivity index (χ3v) is 4.67. The summed E-state index contributed by atoms with van der Waals surface area (Å²) in [7, 11) is 4.11. The maximum Gasteiger partial charge on any atom is 0.157 e. The average molecular weight is 259 g/mol. The highest BCUT2D eigenvalue weighted by atomic mass is 16.1. The van der Waals surface area contributed by atoms with Crippen LogP contribution in [-0.4, -0.2) is 30.3 Å². The molecule has 0 aliphatic heterocycles. The maximum atomic E-state index is 12.8. The number of benzene rings is 1. The third-order valence-electron chi connectivity index (χ3n) is 4.67. The highest BCUT2D eigenvalue weighted by molar-refractivity contribution is 5.90. The van der Waals surface area contributed by atoms with Crippen molar-refractivity contribution in [1.82, 2.24) is 4.90 Å². The Morgan fingerprint density at radius 1 is 1.16 bits per heavy atom. The Balaban J connectivity index is 2.19. The predicted octanol–water partition coefficient (Wildman–Crippen LogP) is 3.37. The largest absolute Gasteiger partial charge is 0.297 e. The molecule has 0 unspecified atom stereocenters. The van der Waals surface area contributed by atoms with Crippen molar-refractivity contribution in [3.63, 3.8) is 0 Å². The molecule has 0 amide bonds. The summed E-state index contributed by atoms with van der Waals surface area (Å²) >= 11 is 0. The van der Waals surface area contributed by atoms with Gasteiger partial charge in [0.2, 0.25) is 0 Å². The van der Waals surface area contributed by atoms with Crippen LogP contribution in [0.15, 0.2) is 24.3 Å². The molecule has 1 aromatic rings. The molecule has 1 aromatic carbocycles. The number of rotatable bonds is 4. The second kappa shape index (κ2) is 5.87. The molecule has 0 aromatic heterocycles. The molecule has 0 bridgehead atoms. The number of likely N-dealkylation sites (N-methyl/N-ethyl adjacent to an activating group) is 1.